The van der Waals surface area contributed by atoms with Crippen molar-refractivity contribution in [1.29, 1.82) is 0 Å². The smallest absolute Gasteiger partial charge is 0.338 e. The SMILES string of the molecule is COC(=O)C1=C(C[NH+]2CCc3sccc3C2)C(Cl)CC=C1. The van der Waals surface area contributed by atoms with Crippen LogP contribution in [0.5, 0.6) is 0 Å². The first-order chi connectivity index (χ1) is 10.2. The van der Waals surface area contributed by atoms with E-state index < -0.39 is 0 Å². The molecule has 3 nitrogen and oxygen atoms in total. The molecule has 0 saturated carbocycles. The number of alkyl halides is 1. The summed E-state index contributed by atoms with van der Waals surface area (Å²) < 4.78 is 4.89. The summed E-state index contributed by atoms with van der Waals surface area (Å²) in [5.74, 6) is -0.278. The van der Waals surface area contributed by atoms with Crippen LogP contribution in [0.15, 0.2) is 34.7 Å². The van der Waals surface area contributed by atoms with Gasteiger partial charge < -0.3 is 9.64 Å². The molecule has 112 valence electrons. The largest absolute Gasteiger partial charge is 0.465 e. The molecule has 1 aromatic rings. The highest BCUT2D eigenvalue weighted by molar-refractivity contribution is 7.10. The lowest BCUT2D eigenvalue weighted by Crippen LogP contribution is -3.12. The molecule has 1 aliphatic heterocycles. The molecule has 0 fully saturated rings. The van der Waals surface area contributed by atoms with Gasteiger partial charge in [-0.15, -0.1) is 22.9 Å². The molecule has 0 amide bonds. The number of halogens is 1. The van der Waals surface area contributed by atoms with Crippen molar-refractivity contribution in [3.63, 3.8) is 0 Å². The van der Waals surface area contributed by atoms with Crippen molar-refractivity contribution in [3.05, 3.63) is 45.2 Å². The molecule has 0 bridgehead atoms. The Hall–Kier alpha value is -1.10. The second-order valence-corrected chi connectivity index (χ2v) is 7.04. The Morgan fingerprint density at radius 1 is 1.57 bits per heavy atom. The quantitative estimate of drug-likeness (QED) is 0.678. The lowest BCUT2D eigenvalue weighted by molar-refractivity contribution is -0.911. The number of carbonyl (C=O) groups excluding carboxylic acids is 1. The maximum absolute atomic E-state index is 11.9. The standard InChI is InChI=1S/C16H18ClNO2S/c1-20-16(19)12-3-2-4-14(17)13(12)10-18-7-5-15-11(9-18)6-8-21-15/h2-3,6,8,14H,4-5,7,9-10H2,1H3/p+1. The normalized spacial score (nSPS) is 24.9. The summed E-state index contributed by atoms with van der Waals surface area (Å²) in [6, 6.07) is 2.22. The van der Waals surface area contributed by atoms with Crippen LogP contribution in [0.2, 0.25) is 0 Å². The van der Waals surface area contributed by atoms with Gasteiger partial charge in [0.05, 0.1) is 24.6 Å². The molecule has 0 aromatic carbocycles. The van der Waals surface area contributed by atoms with E-state index in [0.29, 0.717) is 5.57 Å². The zero-order valence-corrected chi connectivity index (χ0v) is 13.6. The van der Waals surface area contributed by atoms with Crippen molar-refractivity contribution >= 4 is 28.9 Å². The van der Waals surface area contributed by atoms with Crippen LogP contribution >= 0.6 is 22.9 Å². The monoisotopic (exact) mass is 324 g/mol. The molecule has 1 aliphatic carbocycles. The predicted molar refractivity (Wildman–Crippen MR) is 84.9 cm³/mol. The van der Waals surface area contributed by atoms with E-state index in [1.165, 1.54) is 22.5 Å². The van der Waals surface area contributed by atoms with Gasteiger partial charge in [-0.05, 0) is 17.9 Å². The second kappa shape index (κ2) is 6.34. The second-order valence-electron chi connectivity index (χ2n) is 5.51. The maximum Gasteiger partial charge on any atom is 0.338 e. The van der Waals surface area contributed by atoms with Crippen LogP contribution in [0.25, 0.3) is 0 Å². The number of hydrogen-bond donors (Lipinski definition) is 1. The van der Waals surface area contributed by atoms with Crippen molar-refractivity contribution in [2.45, 2.75) is 24.8 Å². The zero-order chi connectivity index (χ0) is 14.8. The fourth-order valence-corrected chi connectivity index (χ4v) is 4.26. The molecule has 2 aliphatic rings. The van der Waals surface area contributed by atoms with Crippen LogP contribution in [-0.2, 0) is 22.5 Å². The number of fused-ring (bicyclic) bond motifs is 1. The first kappa shape index (κ1) is 14.8. The third kappa shape index (κ3) is 3.07. The van der Waals surface area contributed by atoms with Gasteiger partial charge in [0.2, 0.25) is 0 Å². The van der Waals surface area contributed by atoms with E-state index in [0.717, 1.165) is 38.0 Å². The molecule has 3 rings (SSSR count). The minimum atomic E-state index is -0.278. The Balaban J connectivity index is 1.80. The Morgan fingerprint density at radius 3 is 3.24 bits per heavy atom. The first-order valence-corrected chi connectivity index (χ1v) is 8.51. The van der Waals surface area contributed by atoms with E-state index in [9.17, 15) is 4.79 Å². The average molecular weight is 325 g/mol. The van der Waals surface area contributed by atoms with Crippen molar-refractivity contribution in [2.75, 3.05) is 20.2 Å². The van der Waals surface area contributed by atoms with Gasteiger partial charge in [-0.25, -0.2) is 4.79 Å². The van der Waals surface area contributed by atoms with E-state index >= 15 is 0 Å². The molecule has 21 heavy (non-hydrogen) atoms. The molecule has 2 heterocycles. The van der Waals surface area contributed by atoms with Gasteiger partial charge >= 0.3 is 5.97 Å². The molecule has 0 saturated heterocycles. The van der Waals surface area contributed by atoms with Crippen LogP contribution in [0.3, 0.4) is 0 Å². The third-order valence-electron chi connectivity index (χ3n) is 4.18. The molecule has 1 aromatic heterocycles. The predicted octanol–water partition coefficient (Wildman–Crippen LogP) is 1.73. The lowest BCUT2D eigenvalue weighted by atomic mass is 9.95. The molecule has 1 N–H and O–H groups in total. The zero-order valence-electron chi connectivity index (χ0n) is 12.0. The number of quaternary nitrogens is 1. The van der Waals surface area contributed by atoms with Crippen molar-refractivity contribution in [3.8, 4) is 0 Å². The van der Waals surface area contributed by atoms with Crippen LogP contribution < -0.4 is 4.90 Å². The van der Waals surface area contributed by atoms with E-state index in [1.54, 1.807) is 0 Å². The topological polar surface area (TPSA) is 30.7 Å². The highest BCUT2D eigenvalue weighted by Crippen LogP contribution is 2.25. The molecular weight excluding hydrogens is 306 g/mol. The number of methoxy groups -OCH3 is 1. The highest BCUT2D eigenvalue weighted by Gasteiger charge is 2.28. The van der Waals surface area contributed by atoms with E-state index in [1.807, 2.05) is 23.5 Å². The van der Waals surface area contributed by atoms with Crippen LogP contribution in [0.4, 0.5) is 0 Å². The Bertz CT molecular complexity index is 605. The highest BCUT2D eigenvalue weighted by atomic mass is 35.5. The molecular formula is C16H19ClNO2S+. The number of hydrogen-bond acceptors (Lipinski definition) is 3. The van der Waals surface area contributed by atoms with Crippen LogP contribution in [0.1, 0.15) is 16.9 Å². The Kier molecular flexibility index (Phi) is 4.48. The number of carbonyl (C=O) groups is 1. The van der Waals surface area contributed by atoms with Crippen molar-refractivity contribution < 1.29 is 14.4 Å². The first-order valence-electron chi connectivity index (χ1n) is 7.20. The fourth-order valence-electron chi connectivity index (χ4n) is 3.05. The molecule has 2 atom stereocenters. The molecule has 0 radical (unpaired) electrons. The Labute approximate surface area is 133 Å². The average Bonchev–Trinajstić information content (AvgIpc) is 2.96. The van der Waals surface area contributed by atoms with Crippen LogP contribution in [-0.4, -0.2) is 31.5 Å². The number of esters is 1. The van der Waals surface area contributed by atoms with Crippen LogP contribution in [0, 0.1) is 0 Å². The summed E-state index contributed by atoms with van der Waals surface area (Å²) in [5.41, 5.74) is 3.12. The summed E-state index contributed by atoms with van der Waals surface area (Å²) in [6.45, 7) is 2.93. The van der Waals surface area contributed by atoms with Gasteiger partial charge in [0, 0.05) is 22.4 Å². The fraction of sp³-hybridized carbons (Fsp3) is 0.438. The van der Waals surface area contributed by atoms with E-state index in [2.05, 4.69) is 11.4 Å². The Morgan fingerprint density at radius 2 is 2.43 bits per heavy atom. The van der Waals surface area contributed by atoms with Gasteiger partial charge in [-0.2, -0.15) is 0 Å². The maximum atomic E-state index is 11.9. The number of ether oxygens (including phenoxy) is 1. The summed E-state index contributed by atoms with van der Waals surface area (Å²) in [7, 11) is 1.42. The molecule has 2 unspecified atom stereocenters. The summed E-state index contributed by atoms with van der Waals surface area (Å²) >= 11 is 8.30. The summed E-state index contributed by atoms with van der Waals surface area (Å²) in [5, 5.41) is 2.07. The third-order valence-corrected chi connectivity index (χ3v) is 5.65. The summed E-state index contributed by atoms with van der Waals surface area (Å²) in [6.07, 6.45) is 5.72. The summed E-state index contributed by atoms with van der Waals surface area (Å²) in [4.78, 5) is 14.9. The number of rotatable bonds is 3. The number of thiophene rings is 1. The molecule has 0 spiro atoms. The lowest BCUT2D eigenvalue weighted by Gasteiger charge is -2.28. The van der Waals surface area contributed by atoms with Gasteiger partial charge in [0.25, 0.3) is 0 Å². The van der Waals surface area contributed by atoms with E-state index in [-0.39, 0.29) is 11.3 Å². The number of allylic oxidation sites excluding steroid dienone is 1. The van der Waals surface area contributed by atoms with E-state index in [4.69, 9.17) is 16.3 Å². The minimum Gasteiger partial charge on any atom is -0.465 e. The van der Waals surface area contributed by atoms with Gasteiger partial charge in [0.15, 0.2) is 0 Å². The van der Waals surface area contributed by atoms with Crippen molar-refractivity contribution in [1.82, 2.24) is 0 Å². The number of nitrogens with one attached hydrogen (secondary N) is 1. The molecule has 5 heteroatoms. The van der Waals surface area contributed by atoms with Gasteiger partial charge in [-0.1, -0.05) is 12.2 Å². The van der Waals surface area contributed by atoms with Gasteiger partial charge in [0.1, 0.15) is 13.1 Å². The van der Waals surface area contributed by atoms with Gasteiger partial charge in [-0.3, -0.25) is 0 Å². The van der Waals surface area contributed by atoms with Crippen molar-refractivity contribution in [2.24, 2.45) is 0 Å². The minimum absolute atomic E-state index is 0.0968.